The fourth-order valence-electron chi connectivity index (χ4n) is 1.94. The Morgan fingerprint density at radius 1 is 1.29 bits per heavy atom. The van der Waals surface area contributed by atoms with Crippen molar-refractivity contribution >= 4 is 5.97 Å². The van der Waals surface area contributed by atoms with Gasteiger partial charge in [-0.1, -0.05) is 0 Å². The maximum absolute atomic E-state index is 13.4. The fraction of sp³-hybridized carbons (Fsp3) is 0.267. The zero-order valence-corrected chi connectivity index (χ0v) is 11.7. The monoisotopic (exact) mass is 295 g/mol. The Kier molecular flexibility index (Phi) is 4.70. The minimum atomic E-state index is -0.491. The summed E-state index contributed by atoms with van der Waals surface area (Å²) in [4.78, 5) is 11.4. The van der Waals surface area contributed by atoms with E-state index in [0.717, 1.165) is 18.2 Å². The summed E-state index contributed by atoms with van der Waals surface area (Å²) in [6.45, 7) is 2.09. The van der Waals surface area contributed by atoms with Crippen LogP contribution in [0.2, 0.25) is 0 Å². The van der Waals surface area contributed by atoms with Gasteiger partial charge in [0.05, 0.1) is 13.7 Å². The Morgan fingerprint density at radius 2 is 2.05 bits per heavy atom. The minimum absolute atomic E-state index is 0.150. The van der Waals surface area contributed by atoms with Gasteiger partial charge < -0.3 is 14.5 Å². The lowest BCUT2D eigenvalue weighted by atomic mass is 10.2. The Morgan fingerprint density at radius 3 is 2.76 bits per heavy atom. The molecule has 0 amide bonds. The van der Waals surface area contributed by atoms with Crippen molar-refractivity contribution in [3.63, 3.8) is 0 Å². The number of hydrogen-bond donors (Lipinski definition) is 1. The number of methoxy groups -OCH3 is 1. The average Bonchev–Trinajstić information content (AvgIpc) is 2.83. The molecule has 1 heterocycles. The van der Waals surface area contributed by atoms with Gasteiger partial charge in [0, 0.05) is 12.1 Å². The predicted octanol–water partition coefficient (Wildman–Crippen LogP) is 2.94. The largest absolute Gasteiger partial charge is 0.465 e. The summed E-state index contributed by atoms with van der Waals surface area (Å²) in [5, 5.41) is 2.93. The number of halogens is 2. The van der Waals surface area contributed by atoms with Crippen LogP contribution in [0, 0.1) is 18.6 Å². The summed E-state index contributed by atoms with van der Waals surface area (Å²) in [5.74, 6) is -0.469. The molecule has 0 bridgehead atoms. The SMILES string of the molecule is COC(=O)c1cc(CNCc2cc(F)ccc2F)oc1C. The Labute approximate surface area is 120 Å². The molecule has 112 valence electrons. The van der Waals surface area contributed by atoms with Crippen LogP contribution in [0.4, 0.5) is 8.78 Å². The summed E-state index contributed by atoms with van der Waals surface area (Å²) in [7, 11) is 1.29. The molecule has 0 fully saturated rings. The first-order valence-electron chi connectivity index (χ1n) is 6.33. The van der Waals surface area contributed by atoms with Crippen LogP contribution in [0.1, 0.15) is 27.4 Å². The number of esters is 1. The molecule has 6 heteroatoms. The molecule has 1 N–H and O–H groups in total. The lowest BCUT2D eigenvalue weighted by Gasteiger charge is -2.04. The Balaban J connectivity index is 1.97. The smallest absolute Gasteiger partial charge is 0.341 e. The molecule has 0 spiro atoms. The highest BCUT2D eigenvalue weighted by molar-refractivity contribution is 5.90. The first-order chi connectivity index (χ1) is 10.0. The maximum atomic E-state index is 13.4. The number of benzene rings is 1. The van der Waals surface area contributed by atoms with Crippen molar-refractivity contribution in [3.8, 4) is 0 Å². The molecule has 0 aliphatic carbocycles. The van der Waals surface area contributed by atoms with Gasteiger partial charge >= 0.3 is 5.97 Å². The lowest BCUT2D eigenvalue weighted by Crippen LogP contribution is -2.13. The van der Waals surface area contributed by atoms with E-state index in [-0.39, 0.29) is 18.7 Å². The number of carbonyl (C=O) groups is 1. The van der Waals surface area contributed by atoms with E-state index in [2.05, 4.69) is 10.1 Å². The van der Waals surface area contributed by atoms with E-state index in [1.807, 2.05) is 0 Å². The highest BCUT2D eigenvalue weighted by atomic mass is 19.1. The number of rotatable bonds is 5. The van der Waals surface area contributed by atoms with Crippen molar-refractivity contribution < 1.29 is 22.7 Å². The molecule has 0 saturated carbocycles. The number of carbonyl (C=O) groups excluding carboxylic acids is 1. The molecule has 0 aliphatic heterocycles. The van der Waals surface area contributed by atoms with Crippen LogP contribution in [0.15, 0.2) is 28.7 Å². The van der Waals surface area contributed by atoms with E-state index in [9.17, 15) is 13.6 Å². The van der Waals surface area contributed by atoms with Crippen LogP contribution in [0.25, 0.3) is 0 Å². The zero-order valence-electron chi connectivity index (χ0n) is 11.7. The molecule has 0 radical (unpaired) electrons. The summed E-state index contributed by atoms with van der Waals surface area (Å²) in [6, 6.07) is 4.85. The van der Waals surface area contributed by atoms with Crippen molar-refractivity contribution in [1.29, 1.82) is 0 Å². The molecule has 0 aliphatic rings. The van der Waals surface area contributed by atoms with Crippen molar-refractivity contribution in [2.45, 2.75) is 20.0 Å². The summed E-state index contributed by atoms with van der Waals surface area (Å²) in [5.41, 5.74) is 0.581. The minimum Gasteiger partial charge on any atom is -0.465 e. The Hall–Kier alpha value is -2.21. The van der Waals surface area contributed by atoms with Gasteiger partial charge in [0.2, 0.25) is 0 Å². The predicted molar refractivity (Wildman–Crippen MR) is 71.7 cm³/mol. The summed E-state index contributed by atoms with van der Waals surface area (Å²) >= 11 is 0. The van der Waals surface area contributed by atoms with Gasteiger partial charge in [-0.05, 0) is 31.2 Å². The maximum Gasteiger partial charge on any atom is 0.341 e. The number of furan rings is 1. The van der Waals surface area contributed by atoms with E-state index >= 15 is 0 Å². The molecule has 0 saturated heterocycles. The van der Waals surface area contributed by atoms with Crippen LogP contribution in [-0.2, 0) is 17.8 Å². The number of aryl methyl sites for hydroxylation is 1. The standard InChI is InChI=1S/C15H15F2NO3/c1-9-13(15(19)20-2)6-12(21-9)8-18-7-10-5-11(16)3-4-14(10)17/h3-6,18H,7-8H2,1-2H3. The van der Waals surface area contributed by atoms with Crippen LogP contribution in [0.5, 0.6) is 0 Å². The normalized spacial score (nSPS) is 10.7. The third kappa shape index (κ3) is 3.66. The molecule has 0 atom stereocenters. The third-order valence-electron chi connectivity index (χ3n) is 3.00. The first kappa shape index (κ1) is 15.2. The lowest BCUT2D eigenvalue weighted by molar-refractivity contribution is 0.0599. The van der Waals surface area contributed by atoms with Gasteiger partial charge in [0.1, 0.15) is 28.7 Å². The van der Waals surface area contributed by atoms with Gasteiger partial charge in [0.25, 0.3) is 0 Å². The van der Waals surface area contributed by atoms with E-state index in [0.29, 0.717) is 17.1 Å². The van der Waals surface area contributed by atoms with E-state index < -0.39 is 17.6 Å². The molecule has 1 aromatic carbocycles. The zero-order chi connectivity index (χ0) is 15.4. The number of ether oxygens (including phenoxy) is 1. The van der Waals surface area contributed by atoms with Crippen LogP contribution < -0.4 is 5.32 Å². The summed E-state index contributed by atoms with van der Waals surface area (Å²) in [6.07, 6.45) is 0. The molecular weight excluding hydrogens is 280 g/mol. The quantitative estimate of drug-likeness (QED) is 0.862. The highest BCUT2D eigenvalue weighted by Crippen LogP contribution is 2.16. The number of nitrogens with one attached hydrogen (secondary N) is 1. The van der Waals surface area contributed by atoms with E-state index in [4.69, 9.17) is 4.42 Å². The Bertz CT molecular complexity index is 652. The third-order valence-corrected chi connectivity index (χ3v) is 3.00. The second-order valence-corrected chi connectivity index (χ2v) is 4.51. The molecule has 0 unspecified atom stereocenters. The summed E-state index contributed by atoms with van der Waals surface area (Å²) < 4.78 is 36.5. The van der Waals surface area contributed by atoms with Gasteiger partial charge in [-0.25, -0.2) is 13.6 Å². The topological polar surface area (TPSA) is 51.5 Å². The molecule has 21 heavy (non-hydrogen) atoms. The van der Waals surface area contributed by atoms with Gasteiger partial charge in [-0.15, -0.1) is 0 Å². The number of hydrogen-bond acceptors (Lipinski definition) is 4. The van der Waals surface area contributed by atoms with Gasteiger partial charge in [0.15, 0.2) is 0 Å². The molecule has 1 aromatic heterocycles. The van der Waals surface area contributed by atoms with Crippen molar-refractivity contribution in [2.24, 2.45) is 0 Å². The van der Waals surface area contributed by atoms with Crippen molar-refractivity contribution in [2.75, 3.05) is 7.11 Å². The second-order valence-electron chi connectivity index (χ2n) is 4.51. The van der Waals surface area contributed by atoms with E-state index in [1.165, 1.54) is 7.11 Å². The van der Waals surface area contributed by atoms with Crippen molar-refractivity contribution in [3.05, 3.63) is 58.5 Å². The van der Waals surface area contributed by atoms with E-state index in [1.54, 1.807) is 13.0 Å². The van der Waals surface area contributed by atoms with Crippen LogP contribution in [-0.4, -0.2) is 13.1 Å². The molecule has 2 rings (SSSR count). The average molecular weight is 295 g/mol. The molecular formula is C15H15F2NO3. The van der Waals surface area contributed by atoms with Crippen LogP contribution in [0.3, 0.4) is 0 Å². The molecule has 4 nitrogen and oxygen atoms in total. The fourth-order valence-corrected chi connectivity index (χ4v) is 1.94. The highest BCUT2D eigenvalue weighted by Gasteiger charge is 2.15. The van der Waals surface area contributed by atoms with Crippen molar-refractivity contribution in [1.82, 2.24) is 5.32 Å². The van der Waals surface area contributed by atoms with Crippen LogP contribution >= 0.6 is 0 Å². The van der Waals surface area contributed by atoms with Gasteiger partial charge in [-0.2, -0.15) is 0 Å². The van der Waals surface area contributed by atoms with Gasteiger partial charge in [-0.3, -0.25) is 0 Å². The second kappa shape index (κ2) is 6.49. The molecule has 2 aromatic rings. The first-order valence-corrected chi connectivity index (χ1v) is 6.33.